The van der Waals surface area contributed by atoms with Crippen molar-refractivity contribution in [2.24, 2.45) is 57.3 Å². The summed E-state index contributed by atoms with van der Waals surface area (Å²) < 4.78 is 40.2. The molecule has 6 rings (SSSR count). The van der Waals surface area contributed by atoms with Gasteiger partial charge in [0.15, 0.2) is 29.0 Å². The highest BCUT2D eigenvalue weighted by Crippen LogP contribution is 2.56. The smallest absolute Gasteiger partial charge is 0.310 e. The third-order valence-electron chi connectivity index (χ3n) is 17.3. The lowest BCUT2D eigenvalue weighted by Crippen LogP contribution is -2.61. The van der Waals surface area contributed by atoms with Gasteiger partial charge in [-0.25, -0.2) is 0 Å². The minimum atomic E-state index is -1.52. The number of hydrogen-bond donors (Lipinski definition) is 11. The molecule has 94 heavy (non-hydrogen) atoms. The fraction of sp³-hybridized carbons (Fsp3) is 0.613. The average Bonchev–Trinajstić information content (AvgIpc) is 1.39. The number of aliphatic imine (C=N–C) groups is 1. The standard InChI is InChI=1S/C62H91N13O18S/c1-9-30(3)50(58(83)68-5)73-56(81)37(14-11-12-19-63)72-59(84)51(31(4)10-2)74-57(82)39(16-17-45(65)76)71-55(80)38(15-13-20-69-62(66)67)70-54(79)36(64)28-94-44-26-46(77)75(60(44)85)21-18-47(78)93-52-34-25-41-40(91-29-92-41)24-33(34)48(49-35(52)27-90-61(49)86)32-22-42(87-6)53(89-8)43(23-32)88-7/h22-25,30-31,35-39,44,48-52H,9-21,26-29,63-64H2,1-8H3,(H2,65,76)(H,68,83)(H,70,79)(H,71,80)(H,72,84)(H,73,81)(H,74,82)(H4,66,67,69)/t30?,31?,35-,36-,37-,38-,39-,44?,48+,49-,50-,51-,52-/m0/s1. The zero-order chi connectivity index (χ0) is 69.1. The molecule has 3 aliphatic heterocycles. The lowest BCUT2D eigenvalue weighted by molar-refractivity contribution is -0.155. The van der Waals surface area contributed by atoms with Gasteiger partial charge in [0, 0.05) is 56.1 Å². The Kier molecular flexibility index (Phi) is 27.7. The van der Waals surface area contributed by atoms with Gasteiger partial charge in [0.2, 0.25) is 65.7 Å². The number of amides is 9. The van der Waals surface area contributed by atoms with Crippen molar-refractivity contribution in [1.29, 1.82) is 0 Å². The van der Waals surface area contributed by atoms with Gasteiger partial charge in [-0.1, -0.05) is 40.5 Å². The summed E-state index contributed by atoms with van der Waals surface area (Å²) >= 11 is 0.905. The van der Waals surface area contributed by atoms with Gasteiger partial charge in [-0.15, -0.1) is 11.8 Å². The van der Waals surface area contributed by atoms with Crippen molar-refractivity contribution >= 4 is 82.8 Å². The molecule has 13 atom stereocenters. The number of guanidine groups is 1. The monoisotopic (exact) mass is 1340 g/mol. The number of carbonyl (C=O) groups is 11. The third-order valence-corrected chi connectivity index (χ3v) is 18.6. The first-order valence-corrected chi connectivity index (χ1v) is 32.5. The van der Waals surface area contributed by atoms with E-state index in [1.165, 1.54) is 28.4 Å². The van der Waals surface area contributed by atoms with Gasteiger partial charge in [-0.2, -0.15) is 0 Å². The molecule has 3 heterocycles. The number of nitrogens with two attached hydrogens (primary N) is 5. The molecular formula is C62H91N13O18S. The number of likely N-dealkylation sites (N-methyl/N-ethyl adjacent to an activating group) is 1. The number of methoxy groups -OCH3 is 3. The Bertz CT molecular complexity index is 3110. The van der Waals surface area contributed by atoms with E-state index in [4.69, 9.17) is 61.8 Å². The van der Waals surface area contributed by atoms with Crippen LogP contribution in [-0.2, 0) is 62.2 Å². The predicted octanol–water partition coefficient (Wildman–Crippen LogP) is -0.752. The lowest BCUT2D eigenvalue weighted by Gasteiger charge is -2.38. The molecule has 31 nitrogen and oxygen atoms in total. The van der Waals surface area contributed by atoms with Crippen molar-refractivity contribution in [3.63, 3.8) is 0 Å². The van der Waals surface area contributed by atoms with Crippen molar-refractivity contribution in [2.45, 2.75) is 152 Å². The summed E-state index contributed by atoms with van der Waals surface area (Å²) in [7, 11) is 5.85. The highest BCUT2D eigenvalue weighted by atomic mass is 32.2. The van der Waals surface area contributed by atoms with Crippen LogP contribution in [0.25, 0.3) is 0 Å². The number of nitrogens with one attached hydrogen (secondary N) is 6. The van der Waals surface area contributed by atoms with Gasteiger partial charge in [-0.3, -0.25) is 62.6 Å². The fourth-order valence-corrected chi connectivity index (χ4v) is 12.8. The number of unbranched alkanes of at least 4 members (excludes halogenated alkanes) is 1. The Morgan fingerprint density at radius 2 is 1.27 bits per heavy atom. The predicted molar refractivity (Wildman–Crippen MR) is 341 cm³/mol. The largest absolute Gasteiger partial charge is 0.493 e. The van der Waals surface area contributed by atoms with E-state index < -0.39 is 149 Å². The number of benzene rings is 2. The second kappa shape index (κ2) is 35.0. The number of cyclic esters (lactones) is 1. The number of thioether (sulfide) groups is 1. The van der Waals surface area contributed by atoms with Gasteiger partial charge >= 0.3 is 11.9 Å². The van der Waals surface area contributed by atoms with E-state index in [9.17, 15) is 52.7 Å². The average molecular weight is 1340 g/mol. The molecule has 2 saturated heterocycles. The molecule has 1 aliphatic carbocycles. The van der Waals surface area contributed by atoms with Crippen LogP contribution in [0, 0.1) is 23.7 Å². The van der Waals surface area contributed by atoms with E-state index in [0.29, 0.717) is 77.7 Å². The molecule has 32 heteroatoms. The zero-order valence-corrected chi connectivity index (χ0v) is 55.2. The van der Waals surface area contributed by atoms with E-state index in [-0.39, 0.29) is 76.2 Å². The van der Waals surface area contributed by atoms with Crippen molar-refractivity contribution < 1.29 is 85.9 Å². The van der Waals surface area contributed by atoms with Crippen molar-refractivity contribution in [1.82, 2.24) is 36.8 Å². The van der Waals surface area contributed by atoms with E-state index in [1.54, 1.807) is 45.0 Å². The first-order chi connectivity index (χ1) is 44.8. The Morgan fingerprint density at radius 1 is 0.702 bits per heavy atom. The third kappa shape index (κ3) is 18.8. The molecule has 518 valence electrons. The van der Waals surface area contributed by atoms with Crippen LogP contribution in [0.15, 0.2) is 29.3 Å². The number of likely N-dealkylation sites (tertiary alicyclic amines) is 1. The van der Waals surface area contributed by atoms with Gasteiger partial charge in [0.25, 0.3) is 0 Å². The second-order valence-electron chi connectivity index (χ2n) is 23.5. The molecule has 4 aliphatic rings. The summed E-state index contributed by atoms with van der Waals surface area (Å²) in [5.41, 5.74) is 30.4. The highest BCUT2D eigenvalue weighted by molar-refractivity contribution is 8.00. The molecule has 0 aromatic heterocycles. The summed E-state index contributed by atoms with van der Waals surface area (Å²) in [5, 5.41) is 14.9. The highest BCUT2D eigenvalue weighted by Gasteiger charge is 2.54. The molecule has 0 bridgehead atoms. The summed E-state index contributed by atoms with van der Waals surface area (Å²) in [6.07, 6.45) is -0.512. The van der Waals surface area contributed by atoms with Gasteiger partial charge in [0.05, 0.1) is 51.6 Å². The number of primary amides is 1. The van der Waals surface area contributed by atoms with Crippen molar-refractivity contribution in [3.8, 4) is 28.7 Å². The molecule has 16 N–H and O–H groups in total. The van der Waals surface area contributed by atoms with Crippen LogP contribution < -0.4 is 84.3 Å². The zero-order valence-electron chi connectivity index (χ0n) is 54.4. The van der Waals surface area contributed by atoms with Crippen LogP contribution >= 0.6 is 11.8 Å². The van der Waals surface area contributed by atoms with Crippen LogP contribution in [-0.4, -0.2) is 185 Å². The summed E-state index contributed by atoms with van der Waals surface area (Å²) in [5.74, 6) is -9.61. The first kappa shape index (κ1) is 74.4. The number of hydrogen-bond acceptors (Lipinski definition) is 22. The van der Waals surface area contributed by atoms with Crippen LogP contribution in [0.1, 0.15) is 127 Å². The quantitative estimate of drug-likeness (QED) is 0.0130. The number of esters is 2. The number of rotatable bonds is 37. The summed E-state index contributed by atoms with van der Waals surface area (Å²) in [6.45, 7) is 6.91. The second-order valence-corrected chi connectivity index (χ2v) is 24.8. The molecule has 2 aromatic rings. The minimum Gasteiger partial charge on any atom is -0.493 e. The van der Waals surface area contributed by atoms with Crippen molar-refractivity contribution in [3.05, 3.63) is 41.0 Å². The Hall–Kier alpha value is -8.65. The lowest BCUT2D eigenvalue weighted by atomic mass is 9.66. The van der Waals surface area contributed by atoms with E-state index in [1.807, 2.05) is 6.92 Å². The molecule has 2 fully saturated rings. The molecule has 0 radical (unpaired) electrons. The first-order valence-electron chi connectivity index (χ1n) is 31.4. The van der Waals surface area contributed by atoms with E-state index in [2.05, 4.69) is 36.9 Å². The number of carbonyl (C=O) groups excluding carboxylic acids is 11. The summed E-state index contributed by atoms with van der Waals surface area (Å²) in [4.78, 5) is 155. The fourth-order valence-electron chi connectivity index (χ4n) is 11.6. The molecular weight excluding hydrogens is 1250 g/mol. The molecule has 0 saturated carbocycles. The Morgan fingerprint density at radius 3 is 1.83 bits per heavy atom. The van der Waals surface area contributed by atoms with E-state index in [0.717, 1.165) is 16.7 Å². The normalized spacial score (nSPS) is 20.2. The number of ether oxygens (including phenoxy) is 7. The molecule has 0 spiro atoms. The molecule has 3 unspecified atom stereocenters. The molecule has 9 amide bonds. The maximum Gasteiger partial charge on any atom is 0.310 e. The van der Waals surface area contributed by atoms with Crippen LogP contribution in [0.3, 0.4) is 0 Å². The van der Waals surface area contributed by atoms with E-state index >= 15 is 0 Å². The SMILES string of the molecule is CCC(C)[C@H](NC(=O)[C@H](CCCCN)NC(=O)[C@@H](NC(=O)[C@H](CCC(N)=O)NC(=O)[C@H](CCCN=C(N)N)NC(=O)[C@@H](N)CSC1CC(=O)N(CCC(=O)O[C@H]2c3cc4c(cc3[C@@H](c3cc(OC)c(OC)c(OC)c3)[C@H]3C(=O)OC[C@@H]32)OCO4)C1=O)C(C)CC)C(=O)NC. The number of fused-ring (bicyclic) bond motifs is 3. The van der Waals surface area contributed by atoms with Crippen LogP contribution in [0.5, 0.6) is 28.7 Å². The Balaban J connectivity index is 1.11. The number of imide groups is 1. The Labute approximate surface area is 549 Å². The van der Waals surface area contributed by atoms with Gasteiger partial charge < -0.3 is 93.7 Å². The van der Waals surface area contributed by atoms with Gasteiger partial charge in [0.1, 0.15) is 36.3 Å². The van der Waals surface area contributed by atoms with Crippen molar-refractivity contribution in [2.75, 3.05) is 67.2 Å². The van der Waals surface area contributed by atoms with Gasteiger partial charge in [-0.05, 0) is 92.3 Å². The minimum absolute atomic E-state index is 0.0132. The molecule has 2 aromatic carbocycles. The maximum absolute atomic E-state index is 14.3. The number of nitrogens with zero attached hydrogens (tertiary/aromatic N) is 2. The summed E-state index contributed by atoms with van der Waals surface area (Å²) in [6, 6.07) is -0.782. The van der Waals surface area contributed by atoms with Crippen LogP contribution in [0.4, 0.5) is 0 Å². The van der Waals surface area contributed by atoms with Crippen LogP contribution in [0.2, 0.25) is 0 Å². The topological polar surface area (TPSA) is 470 Å². The maximum atomic E-state index is 14.3.